The largest absolute Gasteiger partial charge is 0.457 e. The van der Waals surface area contributed by atoms with Crippen LogP contribution in [0, 0.1) is 23.3 Å². The van der Waals surface area contributed by atoms with Crippen molar-refractivity contribution in [2.24, 2.45) is 0 Å². The van der Waals surface area contributed by atoms with Crippen LogP contribution >= 0.6 is 0 Å². The molecule has 6 aromatic carbocycles. The average molecular weight is 923 g/mol. The number of alkyl halides is 6. The van der Waals surface area contributed by atoms with E-state index in [0.29, 0.717) is 17.1 Å². The van der Waals surface area contributed by atoms with Gasteiger partial charge in [0.25, 0.3) is 11.1 Å². The third-order valence-corrected chi connectivity index (χ3v) is 9.79. The van der Waals surface area contributed by atoms with Crippen molar-refractivity contribution in [3.63, 3.8) is 0 Å². The number of carbonyl (C=O) groups is 1. The van der Waals surface area contributed by atoms with Gasteiger partial charge in [-0.15, -0.1) is 0 Å². The Balaban J connectivity index is 0.000000196. The van der Waals surface area contributed by atoms with Crippen molar-refractivity contribution >= 4 is 28.1 Å². The molecule has 0 saturated carbocycles. The van der Waals surface area contributed by atoms with Crippen molar-refractivity contribution in [2.75, 3.05) is 0 Å². The number of rotatable bonds is 10. The Bertz CT molecular complexity index is 3260. The molecule has 0 saturated heterocycles. The van der Waals surface area contributed by atoms with Gasteiger partial charge in [-0.05, 0) is 84.4 Å². The minimum Gasteiger partial charge on any atom is -0.457 e. The van der Waals surface area contributed by atoms with E-state index in [4.69, 9.17) is 14.6 Å². The van der Waals surface area contributed by atoms with Gasteiger partial charge in [-0.3, -0.25) is 14.4 Å². The molecule has 2 heterocycles. The molecule has 0 atom stereocenters. The zero-order chi connectivity index (χ0) is 47.5. The number of halogens is 10. The lowest BCUT2D eigenvalue weighted by molar-refractivity contribution is -0.139. The smallest absolute Gasteiger partial charge is 0.420 e. The zero-order valence-corrected chi connectivity index (χ0v) is 33.3. The van der Waals surface area contributed by atoms with Crippen LogP contribution in [0.5, 0.6) is 23.0 Å². The van der Waals surface area contributed by atoms with Gasteiger partial charge in [-0.2, -0.15) is 36.3 Å². The highest BCUT2D eigenvalue weighted by Gasteiger charge is 2.36. The summed E-state index contributed by atoms with van der Waals surface area (Å²) in [5.74, 6) is -4.19. The van der Waals surface area contributed by atoms with Crippen LogP contribution in [0.25, 0.3) is 21.8 Å². The number of benzene rings is 6. The third kappa shape index (κ3) is 10.4. The van der Waals surface area contributed by atoms with Gasteiger partial charge < -0.3 is 23.7 Å². The molecule has 0 radical (unpaired) electrons. The summed E-state index contributed by atoms with van der Waals surface area (Å²) in [5, 5.41) is 9.19. The maximum absolute atomic E-state index is 14.0. The van der Waals surface area contributed by atoms with Crippen LogP contribution in [0.3, 0.4) is 0 Å². The highest BCUT2D eigenvalue weighted by atomic mass is 19.4. The van der Waals surface area contributed by atoms with E-state index in [2.05, 4.69) is 9.97 Å². The van der Waals surface area contributed by atoms with E-state index in [1.54, 1.807) is 0 Å². The van der Waals surface area contributed by atoms with Gasteiger partial charge in [-0.1, -0.05) is 18.2 Å². The first-order chi connectivity index (χ1) is 31.3. The van der Waals surface area contributed by atoms with Gasteiger partial charge in [-0.25, -0.2) is 17.6 Å². The van der Waals surface area contributed by atoms with Crippen LogP contribution in [0.4, 0.5) is 43.9 Å². The van der Waals surface area contributed by atoms with Crippen molar-refractivity contribution in [1.29, 1.82) is 0 Å². The number of aromatic nitrogens is 4. The fourth-order valence-corrected chi connectivity index (χ4v) is 6.60. The molecule has 8 rings (SSSR count). The van der Waals surface area contributed by atoms with E-state index in [0.717, 1.165) is 42.5 Å². The summed E-state index contributed by atoms with van der Waals surface area (Å²) in [7, 11) is 0. The molecular formula is C46H28F10N4O6. The Morgan fingerprint density at radius 1 is 0.561 bits per heavy atom. The molecular weight excluding hydrogens is 895 g/mol. The summed E-state index contributed by atoms with van der Waals surface area (Å²) in [4.78, 5) is 42.9. The van der Waals surface area contributed by atoms with Crippen molar-refractivity contribution < 1.29 is 63.3 Å². The lowest BCUT2D eigenvalue weighted by Gasteiger charge is -2.16. The van der Waals surface area contributed by atoms with Crippen LogP contribution in [0.1, 0.15) is 38.2 Å². The van der Waals surface area contributed by atoms with E-state index in [1.807, 2.05) is 0 Å². The Morgan fingerprint density at radius 3 is 1.44 bits per heavy atom. The Labute approximate surface area is 364 Å². The molecule has 0 spiro atoms. The standard InChI is InChI=1S/C23H15F5N2O3.C23H13F5N2O3/c2*24-15-3-2-14(19(25)8-15)10-30-12-29-22(32)17-9-16(4-5-20(17)30)33-21-6-1-13(11-31)7-18(21)23(26,27)28/h1-9,12,31H,10-11H2;1-9,11-12H,10H2. The van der Waals surface area contributed by atoms with Crippen molar-refractivity contribution in [3.8, 4) is 23.0 Å². The first-order valence-electron chi connectivity index (χ1n) is 19.0. The van der Waals surface area contributed by atoms with Gasteiger partial charge in [0.15, 0.2) is 0 Å². The molecule has 20 heteroatoms. The second-order valence-corrected chi connectivity index (χ2v) is 14.2. The Hall–Kier alpha value is -7.87. The number of hydrogen-bond donors (Lipinski definition) is 1. The number of ether oxygens (including phenoxy) is 2. The van der Waals surface area contributed by atoms with Crippen LogP contribution in [0.15, 0.2) is 131 Å². The number of fused-ring (bicyclic) bond motifs is 2. The molecule has 2 aromatic heterocycles. The Kier molecular flexibility index (Phi) is 13.1. The lowest BCUT2D eigenvalue weighted by Crippen LogP contribution is -2.14. The van der Waals surface area contributed by atoms with Crippen LogP contribution < -0.4 is 20.6 Å². The number of nitrogens with zero attached hydrogens (tertiary/aromatic N) is 4. The molecule has 0 aliphatic carbocycles. The minimum atomic E-state index is -4.78. The number of aliphatic hydroxyl groups excluding tert-OH is 1. The third-order valence-electron chi connectivity index (χ3n) is 9.79. The van der Waals surface area contributed by atoms with E-state index < -0.39 is 76.0 Å². The molecule has 0 unspecified atom stereocenters. The molecule has 338 valence electrons. The highest BCUT2D eigenvalue weighted by molar-refractivity contribution is 5.81. The second-order valence-electron chi connectivity index (χ2n) is 14.2. The predicted octanol–water partition coefficient (Wildman–Crippen LogP) is 10.4. The van der Waals surface area contributed by atoms with Crippen LogP contribution in [-0.4, -0.2) is 30.5 Å². The number of aliphatic hydroxyl groups is 1. The maximum Gasteiger partial charge on any atom is 0.420 e. The van der Waals surface area contributed by atoms with Crippen LogP contribution in [0.2, 0.25) is 0 Å². The molecule has 1 N–H and O–H groups in total. The molecule has 0 amide bonds. The van der Waals surface area contributed by atoms with Gasteiger partial charge in [0, 0.05) is 28.8 Å². The fourth-order valence-electron chi connectivity index (χ4n) is 6.60. The maximum atomic E-state index is 14.0. The molecule has 66 heavy (non-hydrogen) atoms. The molecule has 0 aliphatic heterocycles. The Morgan fingerprint density at radius 2 is 1.02 bits per heavy atom. The van der Waals surface area contributed by atoms with Gasteiger partial charge >= 0.3 is 12.4 Å². The first-order valence-corrected chi connectivity index (χ1v) is 19.0. The molecule has 10 nitrogen and oxygen atoms in total. The fraction of sp³-hybridized carbons (Fsp3) is 0.109. The van der Waals surface area contributed by atoms with Crippen molar-refractivity contribution in [1.82, 2.24) is 19.1 Å². The normalized spacial score (nSPS) is 11.6. The first kappa shape index (κ1) is 46.1. The molecule has 0 bridgehead atoms. The molecule has 0 aliphatic rings. The second kappa shape index (κ2) is 18.7. The SMILES string of the molecule is O=Cc1ccc(Oc2ccc3c(c2)c(=O)ncn3Cc2ccc(F)cc2F)c(C(F)(F)F)c1.O=c1ncn(Cc2ccc(F)cc2F)c2ccc(Oc3ccc(CO)cc3C(F)(F)F)cc12. The van der Waals surface area contributed by atoms with Gasteiger partial charge in [0.05, 0.1) is 65.3 Å². The summed E-state index contributed by atoms with van der Waals surface area (Å²) < 4.78 is 149. The van der Waals surface area contributed by atoms with Crippen LogP contribution in [-0.2, 0) is 32.0 Å². The number of aldehydes is 1. The van der Waals surface area contributed by atoms with E-state index in [-0.39, 0.29) is 63.9 Å². The highest BCUT2D eigenvalue weighted by Crippen LogP contribution is 2.40. The summed E-state index contributed by atoms with van der Waals surface area (Å²) in [5.41, 5.74) is -2.71. The number of carbonyl (C=O) groups excluding carboxylic acids is 1. The van der Waals surface area contributed by atoms with E-state index in [9.17, 15) is 58.3 Å². The average Bonchev–Trinajstić information content (AvgIpc) is 3.27. The molecule has 0 fully saturated rings. The van der Waals surface area contributed by atoms with E-state index in [1.165, 1.54) is 82.5 Å². The monoisotopic (exact) mass is 922 g/mol. The lowest BCUT2D eigenvalue weighted by atomic mass is 10.1. The minimum absolute atomic E-state index is 0.0237. The van der Waals surface area contributed by atoms with Crippen molar-refractivity contribution in [2.45, 2.75) is 32.0 Å². The van der Waals surface area contributed by atoms with Crippen molar-refractivity contribution in [3.05, 3.63) is 199 Å². The summed E-state index contributed by atoms with van der Waals surface area (Å²) in [6.45, 7) is -0.697. The van der Waals surface area contributed by atoms with Gasteiger partial charge in [0.1, 0.15) is 52.6 Å². The van der Waals surface area contributed by atoms with E-state index >= 15 is 0 Å². The summed E-state index contributed by atoms with van der Waals surface area (Å²) in [6, 6.07) is 20.2. The zero-order valence-electron chi connectivity index (χ0n) is 33.3. The molecule has 8 aromatic rings. The topological polar surface area (TPSA) is 126 Å². The summed E-state index contributed by atoms with van der Waals surface area (Å²) in [6.07, 6.45) is -6.84. The predicted molar refractivity (Wildman–Crippen MR) is 217 cm³/mol. The quantitative estimate of drug-likeness (QED) is 0.106. The summed E-state index contributed by atoms with van der Waals surface area (Å²) >= 11 is 0. The van der Waals surface area contributed by atoms with Gasteiger partial charge in [0.2, 0.25) is 0 Å². The number of hydrogen-bond acceptors (Lipinski definition) is 8.